The molecule has 2 saturated heterocycles. The minimum Gasteiger partial charge on any atom is -0.348 e. The van der Waals surface area contributed by atoms with Crippen molar-refractivity contribution in [3.63, 3.8) is 0 Å². The van der Waals surface area contributed by atoms with Crippen molar-refractivity contribution in [2.75, 3.05) is 13.1 Å². The molecule has 2 aliphatic rings. The SMILES string of the molecule is O=C1CCC[C@]2(CN(C(=O)CCc3ccccc3)C[C@H]2c2ccc(F)c(F)c2)N1. The fourth-order valence-electron chi connectivity index (χ4n) is 4.66. The number of carbonyl (C=O) groups excluding carboxylic acids is 2. The highest BCUT2D eigenvalue weighted by atomic mass is 19.2. The molecule has 1 spiro atoms. The van der Waals surface area contributed by atoms with E-state index in [1.165, 1.54) is 6.07 Å². The van der Waals surface area contributed by atoms with Gasteiger partial charge in [-0.3, -0.25) is 9.59 Å². The monoisotopic (exact) mass is 398 g/mol. The van der Waals surface area contributed by atoms with E-state index in [2.05, 4.69) is 5.32 Å². The van der Waals surface area contributed by atoms with Crippen LogP contribution >= 0.6 is 0 Å². The normalized spacial score (nSPS) is 24.0. The summed E-state index contributed by atoms with van der Waals surface area (Å²) in [6.45, 7) is 0.787. The third kappa shape index (κ3) is 4.02. The van der Waals surface area contributed by atoms with E-state index in [0.29, 0.717) is 44.3 Å². The zero-order valence-electron chi connectivity index (χ0n) is 16.2. The predicted molar refractivity (Wildman–Crippen MR) is 105 cm³/mol. The minimum atomic E-state index is -0.909. The average molecular weight is 398 g/mol. The van der Waals surface area contributed by atoms with E-state index >= 15 is 0 Å². The van der Waals surface area contributed by atoms with E-state index in [0.717, 1.165) is 18.1 Å². The maximum absolute atomic E-state index is 13.9. The lowest BCUT2D eigenvalue weighted by molar-refractivity contribution is -0.131. The second-order valence-electron chi connectivity index (χ2n) is 8.04. The first-order chi connectivity index (χ1) is 14.0. The number of benzene rings is 2. The van der Waals surface area contributed by atoms with Crippen LogP contribution in [-0.2, 0) is 16.0 Å². The van der Waals surface area contributed by atoms with Gasteiger partial charge in [0.1, 0.15) is 0 Å². The van der Waals surface area contributed by atoms with Crippen LogP contribution in [0.4, 0.5) is 8.78 Å². The number of amides is 2. The number of nitrogens with one attached hydrogen (secondary N) is 1. The van der Waals surface area contributed by atoms with Crippen molar-refractivity contribution in [3.05, 3.63) is 71.3 Å². The summed E-state index contributed by atoms with van der Waals surface area (Å²) in [7, 11) is 0. The Balaban J connectivity index is 1.55. The molecule has 2 aliphatic heterocycles. The van der Waals surface area contributed by atoms with Gasteiger partial charge in [-0.25, -0.2) is 8.78 Å². The Kier molecular flexibility index (Phi) is 5.35. The lowest BCUT2D eigenvalue weighted by Crippen LogP contribution is -2.56. The molecule has 29 heavy (non-hydrogen) atoms. The molecule has 0 saturated carbocycles. The number of hydrogen-bond acceptors (Lipinski definition) is 2. The molecule has 4 nitrogen and oxygen atoms in total. The van der Waals surface area contributed by atoms with Gasteiger partial charge < -0.3 is 10.2 Å². The highest BCUT2D eigenvalue weighted by Gasteiger charge is 2.50. The third-order valence-electron chi connectivity index (χ3n) is 6.13. The quantitative estimate of drug-likeness (QED) is 0.856. The first-order valence-corrected chi connectivity index (χ1v) is 10.0. The van der Waals surface area contributed by atoms with Crippen molar-refractivity contribution in [2.45, 2.75) is 43.6 Å². The molecule has 2 fully saturated rings. The second kappa shape index (κ2) is 7.93. The molecule has 152 valence electrons. The fourth-order valence-corrected chi connectivity index (χ4v) is 4.66. The summed E-state index contributed by atoms with van der Waals surface area (Å²) in [6, 6.07) is 13.7. The molecule has 2 aromatic carbocycles. The van der Waals surface area contributed by atoms with E-state index in [9.17, 15) is 18.4 Å². The molecule has 2 aromatic rings. The van der Waals surface area contributed by atoms with E-state index in [1.54, 1.807) is 11.0 Å². The Hall–Kier alpha value is -2.76. The van der Waals surface area contributed by atoms with Crippen molar-refractivity contribution in [3.8, 4) is 0 Å². The van der Waals surface area contributed by atoms with Gasteiger partial charge in [-0.2, -0.15) is 0 Å². The molecule has 6 heteroatoms. The number of aryl methyl sites for hydroxylation is 1. The number of halogens is 2. The largest absolute Gasteiger partial charge is 0.348 e. The number of likely N-dealkylation sites (tertiary alicyclic amines) is 1. The summed E-state index contributed by atoms with van der Waals surface area (Å²) in [5.41, 5.74) is 1.09. The molecule has 1 N–H and O–H groups in total. The van der Waals surface area contributed by atoms with Crippen molar-refractivity contribution < 1.29 is 18.4 Å². The third-order valence-corrected chi connectivity index (χ3v) is 6.13. The number of carbonyl (C=O) groups is 2. The van der Waals surface area contributed by atoms with Crippen LogP contribution in [0.25, 0.3) is 0 Å². The molecule has 0 unspecified atom stereocenters. The van der Waals surface area contributed by atoms with Gasteiger partial charge >= 0.3 is 0 Å². The second-order valence-corrected chi connectivity index (χ2v) is 8.04. The average Bonchev–Trinajstić information content (AvgIpc) is 3.07. The van der Waals surface area contributed by atoms with Gasteiger partial charge in [-0.05, 0) is 42.5 Å². The van der Waals surface area contributed by atoms with Crippen molar-refractivity contribution in [1.82, 2.24) is 10.2 Å². The molecule has 2 amide bonds. The van der Waals surface area contributed by atoms with E-state index in [4.69, 9.17) is 0 Å². The molecule has 2 atom stereocenters. The predicted octanol–water partition coefficient (Wildman–Crippen LogP) is 3.56. The Morgan fingerprint density at radius 3 is 2.66 bits per heavy atom. The van der Waals surface area contributed by atoms with Crippen molar-refractivity contribution in [1.29, 1.82) is 0 Å². The maximum Gasteiger partial charge on any atom is 0.223 e. The molecule has 0 radical (unpaired) electrons. The van der Waals surface area contributed by atoms with Crippen LogP contribution in [0.15, 0.2) is 48.5 Å². The standard InChI is InChI=1S/C23H24F2N2O2/c24-19-10-9-17(13-20(19)25)18-14-27(15-23(18)12-4-7-21(28)26-23)22(29)11-8-16-5-2-1-3-6-16/h1-3,5-6,9-10,13,18H,4,7-8,11-12,14-15H2,(H,26,28)/t18-,23+/m0/s1. The molecule has 0 aromatic heterocycles. The van der Waals surface area contributed by atoms with Crippen molar-refractivity contribution in [2.24, 2.45) is 0 Å². The highest BCUT2D eigenvalue weighted by Crippen LogP contribution is 2.41. The van der Waals surface area contributed by atoms with E-state index in [1.807, 2.05) is 30.3 Å². The highest BCUT2D eigenvalue weighted by molar-refractivity contribution is 5.80. The molecule has 2 heterocycles. The zero-order chi connectivity index (χ0) is 20.4. The number of piperidine rings is 1. The molecule has 0 aliphatic carbocycles. The van der Waals surface area contributed by atoms with Gasteiger partial charge in [0, 0.05) is 31.8 Å². The summed E-state index contributed by atoms with van der Waals surface area (Å²) in [5, 5.41) is 3.08. The van der Waals surface area contributed by atoms with Crippen LogP contribution < -0.4 is 5.32 Å². The number of hydrogen-bond donors (Lipinski definition) is 1. The van der Waals surface area contributed by atoms with Crippen LogP contribution in [0.3, 0.4) is 0 Å². The lowest BCUT2D eigenvalue weighted by Gasteiger charge is -2.39. The minimum absolute atomic E-state index is 0.0122. The molecular weight excluding hydrogens is 374 g/mol. The van der Waals surface area contributed by atoms with Crippen LogP contribution in [-0.4, -0.2) is 35.3 Å². The van der Waals surface area contributed by atoms with Crippen LogP contribution in [0, 0.1) is 11.6 Å². The summed E-state index contributed by atoms with van der Waals surface area (Å²) < 4.78 is 27.3. The first kappa shape index (κ1) is 19.6. The van der Waals surface area contributed by atoms with Crippen LogP contribution in [0.1, 0.15) is 42.7 Å². The molecule has 0 bridgehead atoms. The van der Waals surface area contributed by atoms with Gasteiger partial charge in [0.2, 0.25) is 11.8 Å². The topological polar surface area (TPSA) is 49.4 Å². The van der Waals surface area contributed by atoms with Gasteiger partial charge in [-0.1, -0.05) is 36.4 Å². The van der Waals surface area contributed by atoms with Gasteiger partial charge in [0.25, 0.3) is 0 Å². The Morgan fingerprint density at radius 1 is 1.14 bits per heavy atom. The molecule has 4 rings (SSSR count). The van der Waals surface area contributed by atoms with Crippen LogP contribution in [0.5, 0.6) is 0 Å². The smallest absolute Gasteiger partial charge is 0.223 e. The summed E-state index contributed by atoms with van der Waals surface area (Å²) in [4.78, 5) is 26.8. The number of nitrogens with zero attached hydrogens (tertiary/aromatic N) is 1. The van der Waals surface area contributed by atoms with E-state index < -0.39 is 17.2 Å². The van der Waals surface area contributed by atoms with Crippen LogP contribution in [0.2, 0.25) is 0 Å². The Labute approximate surface area is 168 Å². The first-order valence-electron chi connectivity index (χ1n) is 10.0. The summed E-state index contributed by atoms with van der Waals surface area (Å²) in [6.07, 6.45) is 2.90. The zero-order valence-corrected chi connectivity index (χ0v) is 16.2. The van der Waals surface area contributed by atoms with Gasteiger partial charge in [0.05, 0.1) is 5.54 Å². The van der Waals surface area contributed by atoms with Gasteiger partial charge in [-0.15, -0.1) is 0 Å². The maximum atomic E-state index is 13.9. The Morgan fingerprint density at radius 2 is 1.93 bits per heavy atom. The molecular formula is C23H24F2N2O2. The van der Waals surface area contributed by atoms with Crippen molar-refractivity contribution >= 4 is 11.8 Å². The Bertz CT molecular complexity index is 918. The fraction of sp³-hybridized carbons (Fsp3) is 0.391. The lowest BCUT2D eigenvalue weighted by atomic mass is 9.76. The summed E-state index contributed by atoms with van der Waals surface area (Å²) >= 11 is 0. The summed E-state index contributed by atoms with van der Waals surface area (Å²) in [5.74, 6) is -2.11. The van der Waals surface area contributed by atoms with Gasteiger partial charge in [0.15, 0.2) is 11.6 Å². The number of rotatable bonds is 4. The van der Waals surface area contributed by atoms with E-state index in [-0.39, 0.29) is 17.7 Å².